The van der Waals surface area contributed by atoms with Crippen LogP contribution in [0.3, 0.4) is 0 Å². The molecular weight excluding hydrogens is 640 g/mol. The average Bonchev–Trinajstić information content (AvgIpc) is 3.70. The van der Waals surface area contributed by atoms with Crippen LogP contribution in [0.15, 0.2) is 111 Å². The summed E-state index contributed by atoms with van der Waals surface area (Å²) in [6.07, 6.45) is 0. The number of halogens is 1. The normalized spacial score (nSPS) is 16.9. The molecule has 0 saturated carbocycles. The van der Waals surface area contributed by atoms with Crippen molar-refractivity contribution in [1.82, 2.24) is 10.2 Å². The maximum atomic E-state index is 15.1. The summed E-state index contributed by atoms with van der Waals surface area (Å²) >= 11 is 8.98. The Morgan fingerprint density at radius 1 is 0.891 bits per heavy atom. The maximum Gasteiger partial charge on any atom is 0.297 e. The van der Waals surface area contributed by atoms with Crippen molar-refractivity contribution in [3.63, 3.8) is 0 Å². The fourth-order valence-corrected chi connectivity index (χ4v) is 8.38. The lowest BCUT2D eigenvalue weighted by atomic mass is 9.84. The van der Waals surface area contributed by atoms with Crippen molar-refractivity contribution in [2.75, 3.05) is 9.80 Å². The number of rotatable bonds is 6. The Balaban J connectivity index is 1.34. The number of hydrogen-bond acceptors (Lipinski definition) is 8. The van der Waals surface area contributed by atoms with Crippen LogP contribution in [0.25, 0.3) is 11.0 Å². The Hall–Kier alpha value is -4.77. The van der Waals surface area contributed by atoms with Gasteiger partial charge < -0.3 is 9.32 Å². The highest BCUT2D eigenvalue weighted by Crippen LogP contribution is 2.55. The van der Waals surface area contributed by atoms with Gasteiger partial charge in [-0.1, -0.05) is 113 Å². The molecule has 6 aromatic rings. The first kappa shape index (κ1) is 28.7. The summed E-state index contributed by atoms with van der Waals surface area (Å²) < 4.78 is 6.78. The van der Waals surface area contributed by atoms with Crippen molar-refractivity contribution in [1.29, 1.82) is 0 Å². The monoisotopic (exact) mass is 662 g/mol. The maximum absolute atomic E-state index is 15.1. The predicted molar refractivity (Wildman–Crippen MR) is 180 cm³/mol. The summed E-state index contributed by atoms with van der Waals surface area (Å²) in [7, 11) is 0. The number of aromatic nitrogens is 2. The molecule has 226 valence electrons. The van der Waals surface area contributed by atoms with Gasteiger partial charge in [-0.25, -0.2) is 0 Å². The lowest BCUT2D eigenvalue weighted by molar-refractivity contribution is -0.121. The lowest BCUT2D eigenvalue weighted by Gasteiger charge is -2.32. The highest BCUT2D eigenvalue weighted by atomic mass is 35.5. The molecule has 0 bridgehead atoms. The first-order valence-electron chi connectivity index (χ1n) is 14.4. The second kappa shape index (κ2) is 10.9. The summed E-state index contributed by atoms with van der Waals surface area (Å²) in [6.45, 7) is 2.22. The van der Waals surface area contributed by atoms with E-state index in [1.807, 2.05) is 73.7 Å². The van der Waals surface area contributed by atoms with Crippen LogP contribution in [0.5, 0.6) is 0 Å². The van der Waals surface area contributed by atoms with Crippen molar-refractivity contribution in [3.8, 4) is 0 Å². The van der Waals surface area contributed by atoms with Crippen molar-refractivity contribution in [3.05, 3.63) is 146 Å². The minimum absolute atomic E-state index is 0.0508. The third-order valence-corrected chi connectivity index (χ3v) is 10.6. The Morgan fingerprint density at radius 2 is 1.67 bits per heavy atom. The van der Waals surface area contributed by atoms with Gasteiger partial charge in [0.25, 0.3) is 11.8 Å². The third kappa shape index (κ3) is 4.32. The molecule has 4 heterocycles. The number of amides is 2. The number of nitrogens with zero attached hydrogens (tertiary/aromatic N) is 4. The zero-order valence-electron chi connectivity index (χ0n) is 24.3. The Labute approximate surface area is 276 Å². The van der Waals surface area contributed by atoms with Gasteiger partial charge in [0.05, 0.1) is 23.2 Å². The molecule has 1 spiro atoms. The quantitative estimate of drug-likeness (QED) is 0.136. The van der Waals surface area contributed by atoms with E-state index in [1.54, 1.807) is 29.2 Å². The molecule has 0 N–H and O–H groups in total. The second-order valence-electron chi connectivity index (χ2n) is 11.1. The van der Waals surface area contributed by atoms with Gasteiger partial charge >= 0.3 is 0 Å². The van der Waals surface area contributed by atoms with E-state index in [0.29, 0.717) is 26.4 Å². The largest absolute Gasteiger partial charge is 0.450 e. The van der Waals surface area contributed by atoms with Gasteiger partial charge in [-0.15, -0.1) is 10.2 Å². The lowest BCUT2D eigenvalue weighted by Crippen LogP contribution is -2.53. The fourth-order valence-electron chi connectivity index (χ4n) is 6.36. The van der Waals surface area contributed by atoms with E-state index in [4.69, 9.17) is 16.0 Å². The molecule has 2 aliphatic rings. The number of para-hydroxylation sites is 1. The molecule has 1 unspecified atom stereocenters. The molecule has 0 radical (unpaired) electrons. The molecule has 2 amide bonds. The summed E-state index contributed by atoms with van der Waals surface area (Å²) in [4.78, 5) is 47.0. The van der Waals surface area contributed by atoms with Gasteiger partial charge in [0.2, 0.25) is 10.9 Å². The SMILES string of the molecule is Cc1cccc(CN2C(=O)C3(c4ccccc42)c2c(oc4ccc(Cl)cc4c2=O)C(=O)N3c2nnc(SCc3ccccc3)s2)c1. The van der Waals surface area contributed by atoms with Crippen LogP contribution in [0.4, 0.5) is 10.8 Å². The Bertz CT molecular complexity index is 2270. The van der Waals surface area contributed by atoms with E-state index < -0.39 is 22.8 Å². The van der Waals surface area contributed by atoms with Gasteiger partial charge in [0.1, 0.15) is 5.58 Å². The standard InChI is InChI=1S/C35H23ClN4O4S2/c1-20-8-7-11-22(16-20)18-39-26-13-6-5-12-25(26)35(32(39)43)28-29(41)24-17-23(36)14-15-27(24)44-30(28)31(42)40(35)33-37-38-34(46-33)45-19-21-9-3-2-4-10-21/h2-17H,18-19H2,1H3. The third-order valence-electron chi connectivity index (χ3n) is 8.30. The molecule has 8 rings (SSSR count). The van der Waals surface area contributed by atoms with Crippen LogP contribution in [0, 0.1) is 6.92 Å². The van der Waals surface area contributed by atoms with Crippen LogP contribution >= 0.6 is 34.7 Å². The van der Waals surface area contributed by atoms with Gasteiger partial charge in [-0.3, -0.25) is 19.3 Å². The van der Waals surface area contributed by atoms with Crippen LogP contribution < -0.4 is 15.2 Å². The molecule has 1 atom stereocenters. The highest BCUT2D eigenvalue weighted by molar-refractivity contribution is 8.00. The van der Waals surface area contributed by atoms with E-state index in [1.165, 1.54) is 34.1 Å². The molecular formula is C35H23ClN4O4S2. The minimum atomic E-state index is -1.87. The van der Waals surface area contributed by atoms with Gasteiger partial charge in [0, 0.05) is 16.3 Å². The Morgan fingerprint density at radius 3 is 2.50 bits per heavy atom. The average molecular weight is 663 g/mol. The number of anilines is 2. The number of hydrogen-bond donors (Lipinski definition) is 0. The van der Waals surface area contributed by atoms with Crippen molar-refractivity contribution >= 4 is 68.3 Å². The first-order valence-corrected chi connectivity index (χ1v) is 16.6. The number of thioether (sulfide) groups is 1. The topological polar surface area (TPSA) is 96.6 Å². The zero-order chi connectivity index (χ0) is 31.6. The first-order chi connectivity index (χ1) is 22.4. The van der Waals surface area contributed by atoms with E-state index >= 15 is 4.79 Å². The number of aryl methyl sites for hydroxylation is 1. The molecule has 46 heavy (non-hydrogen) atoms. The number of carbonyl (C=O) groups is 2. The van der Waals surface area contributed by atoms with E-state index in [2.05, 4.69) is 10.2 Å². The Kier molecular flexibility index (Phi) is 6.82. The summed E-state index contributed by atoms with van der Waals surface area (Å²) in [5, 5.41) is 9.50. The summed E-state index contributed by atoms with van der Waals surface area (Å²) in [5.41, 5.74) is 1.92. The molecule has 0 aliphatic carbocycles. The van der Waals surface area contributed by atoms with Crippen molar-refractivity contribution < 1.29 is 14.0 Å². The van der Waals surface area contributed by atoms with Crippen LogP contribution in [-0.4, -0.2) is 22.0 Å². The minimum Gasteiger partial charge on any atom is -0.450 e. The van der Waals surface area contributed by atoms with E-state index in [-0.39, 0.29) is 34.0 Å². The number of carbonyl (C=O) groups excluding carboxylic acids is 2. The summed E-state index contributed by atoms with van der Waals surface area (Å²) in [5.74, 6) is -0.647. The molecule has 0 saturated heterocycles. The number of benzene rings is 4. The molecule has 0 fully saturated rings. The molecule has 4 aromatic carbocycles. The van der Waals surface area contributed by atoms with E-state index in [9.17, 15) is 9.59 Å². The predicted octanol–water partition coefficient (Wildman–Crippen LogP) is 7.35. The van der Waals surface area contributed by atoms with Crippen molar-refractivity contribution in [2.45, 2.75) is 29.1 Å². The van der Waals surface area contributed by atoms with Gasteiger partial charge in [-0.2, -0.15) is 0 Å². The number of fused-ring (bicyclic) bond motifs is 5. The van der Waals surface area contributed by atoms with Crippen molar-refractivity contribution in [2.24, 2.45) is 0 Å². The molecule has 2 aromatic heterocycles. The van der Waals surface area contributed by atoms with Gasteiger partial charge in [-0.05, 0) is 42.3 Å². The fraction of sp³-hybridized carbons (Fsp3) is 0.114. The van der Waals surface area contributed by atoms with Gasteiger partial charge in [0.15, 0.2) is 15.3 Å². The highest BCUT2D eigenvalue weighted by Gasteiger charge is 2.66. The summed E-state index contributed by atoms with van der Waals surface area (Å²) in [6, 6.07) is 29.7. The molecule has 11 heteroatoms. The molecule has 2 aliphatic heterocycles. The van der Waals surface area contributed by atoms with E-state index in [0.717, 1.165) is 16.7 Å². The smallest absolute Gasteiger partial charge is 0.297 e. The second-order valence-corrected chi connectivity index (χ2v) is 13.8. The van der Waals surface area contributed by atoms with Crippen LogP contribution in [-0.2, 0) is 22.6 Å². The van der Waals surface area contributed by atoms with Crippen LogP contribution in [0.1, 0.15) is 38.4 Å². The molecule has 8 nitrogen and oxygen atoms in total. The van der Waals surface area contributed by atoms with Crippen LogP contribution in [0.2, 0.25) is 5.02 Å². The zero-order valence-corrected chi connectivity index (χ0v) is 26.7.